The lowest BCUT2D eigenvalue weighted by Crippen LogP contribution is -2.44. The minimum atomic E-state index is -0.530. The zero-order valence-corrected chi connectivity index (χ0v) is 14.9. The third-order valence-corrected chi connectivity index (χ3v) is 5.09. The van der Waals surface area contributed by atoms with Crippen LogP contribution in [0.3, 0.4) is 0 Å². The van der Waals surface area contributed by atoms with Crippen molar-refractivity contribution in [1.29, 1.82) is 5.26 Å². The second-order valence-electron chi connectivity index (χ2n) is 7.18. The van der Waals surface area contributed by atoms with Gasteiger partial charge in [0, 0.05) is 23.6 Å². The number of hydrogen-bond acceptors (Lipinski definition) is 4. The molecule has 0 amide bonds. The van der Waals surface area contributed by atoms with Gasteiger partial charge in [0.2, 0.25) is 0 Å². The Morgan fingerprint density at radius 1 is 1.29 bits per heavy atom. The van der Waals surface area contributed by atoms with Crippen LogP contribution in [0.2, 0.25) is 0 Å². The maximum Gasteiger partial charge on any atom is 0.161 e. The summed E-state index contributed by atoms with van der Waals surface area (Å²) in [6.07, 6.45) is 1.25. The van der Waals surface area contributed by atoms with Gasteiger partial charge in [-0.1, -0.05) is 38.2 Å². The van der Waals surface area contributed by atoms with Crippen LogP contribution < -0.4 is 10.1 Å². The number of hydrogen-bond donors (Lipinski definition) is 1. The van der Waals surface area contributed by atoms with Crippen molar-refractivity contribution in [1.82, 2.24) is 5.32 Å². The van der Waals surface area contributed by atoms with Crippen molar-refractivity contribution in [2.45, 2.75) is 32.6 Å². The van der Waals surface area contributed by atoms with Crippen LogP contribution in [-0.2, 0) is 4.79 Å². The second-order valence-corrected chi connectivity index (χ2v) is 7.62. The Kier molecular flexibility index (Phi) is 4.18. The number of Topliss-reactive ketones (excluding diaryl/α,β-unsaturated/α-hetero) is 1. The van der Waals surface area contributed by atoms with E-state index in [1.54, 1.807) is 7.11 Å². The Morgan fingerprint density at radius 3 is 2.54 bits per heavy atom. The Labute approximate surface area is 147 Å². The molecule has 0 bridgehead atoms. The number of rotatable bonds is 2. The lowest BCUT2D eigenvalue weighted by molar-refractivity contribution is -0.118. The molecule has 1 aromatic carbocycles. The standard InChI is InChI=1S/C19H20N2O2S/c1-19(2)8-14-17(15(22)9-19)16(13(10-20)18(24)21-14)11-4-6-12(23-3)7-5-11/h4-7,13,16H,8-9H2,1-3H3,(H,21,24)/t13-,16+/m1/s1. The minimum Gasteiger partial charge on any atom is -0.497 e. The lowest BCUT2D eigenvalue weighted by atomic mass is 9.67. The van der Waals surface area contributed by atoms with E-state index in [-0.39, 0.29) is 17.1 Å². The van der Waals surface area contributed by atoms with E-state index in [0.29, 0.717) is 11.4 Å². The molecule has 0 saturated carbocycles. The summed E-state index contributed by atoms with van der Waals surface area (Å²) in [5.41, 5.74) is 2.43. The SMILES string of the molecule is COc1ccc([C@@H]2C3=C(CC(C)(C)CC3=O)NC(=S)[C@@H]2C#N)cc1. The highest BCUT2D eigenvalue weighted by Gasteiger charge is 2.44. The second kappa shape index (κ2) is 6.03. The Balaban J connectivity index is 2.13. The molecule has 5 heteroatoms. The monoisotopic (exact) mass is 340 g/mol. The van der Waals surface area contributed by atoms with E-state index < -0.39 is 5.92 Å². The van der Waals surface area contributed by atoms with Crippen molar-refractivity contribution < 1.29 is 9.53 Å². The van der Waals surface area contributed by atoms with E-state index in [2.05, 4.69) is 25.2 Å². The molecule has 1 aromatic rings. The summed E-state index contributed by atoms with van der Waals surface area (Å²) >= 11 is 5.43. The molecule has 2 atom stereocenters. The van der Waals surface area contributed by atoms with Crippen LogP contribution in [0, 0.1) is 22.7 Å². The first-order chi connectivity index (χ1) is 11.4. The zero-order valence-electron chi connectivity index (χ0n) is 14.1. The Hall–Kier alpha value is -2.19. The Bertz CT molecular complexity index is 772. The van der Waals surface area contributed by atoms with E-state index in [1.165, 1.54) is 0 Å². The topological polar surface area (TPSA) is 62.1 Å². The fourth-order valence-corrected chi connectivity index (χ4v) is 3.97. The van der Waals surface area contributed by atoms with Gasteiger partial charge in [-0.3, -0.25) is 4.79 Å². The van der Waals surface area contributed by atoms with Crippen LogP contribution in [0.1, 0.15) is 38.2 Å². The van der Waals surface area contributed by atoms with Crippen molar-refractivity contribution in [3.05, 3.63) is 41.1 Å². The number of nitrogens with zero attached hydrogens (tertiary/aromatic N) is 1. The van der Waals surface area contributed by atoms with E-state index in [0.717, 1.165) is 29.0 Å². The fourth-order valence-electron chi connectivity index (χ4n) is 3.66. The van der Waals surface area contributed by atoms with Crippen LogP contribution in [-0.4, -0.2) is 17.9 Å². The first-order valence-electron chi connectivity index (χ1n) is 7.97. The lowest BCUT2D eigenvalue weighted by Gasteiger charge is -2.40. The molecule has 1 aliphatic heterocycles. The van der Waals surface area contributed by atoms with E-state index in [9.17, 15) is 10.1 Å². The molecule has 3 rings (SSSR count). The summed E-state index contributed by atoms with van der Waals surface area (Å²) in [4.78, 5) is 13.3. The van der Waals surface area contributed by atoms with Crippen LogP contribution in [0.15, 0.2) is 35.5 Å². The molecular formula is C19H20N2O2S. The molecule has 2 aliphatic rings. The number of benzene rings is 1. The van der Waals surface area contributed by atoms with E-state index in [4.69, 9.17) is 17.0 Å². The van der Waals surface area contributed by atoms with Crippen molar-refractivity contribution in [2.75, 3.05) is 7.11 Å². The highest BCUT2D eigenvalue weighted by molar-refractivity contribution is 7.80. The highest BCUT2D eigenvalue weighted by atomic mass is 32.1. The maximum absolute atomic E-state index is 12.8. The van der Waals surface area contributed by atoms with Gasteiger partial charge in [-0.25, -0.2) is 0 Å². The molecule has 0 fully saturated rings. The molecule has 1 aliphatic carbocycles. The first kappa shape index (κ1) is 16.7. The van der Waals surface area contributed by atoms with Gasteiger partial charge < -0.3 is 10.1 Å². The fraction of sp³-hybridized carbons (Fsp3) is 0.421. The van der Waals surface area contributed by atoms with Crippen LogP contribution in [0.25, 0.3) is 0 Å². The molecule has 0 aromatic heterocycles. The Morgan fingerprint density at radius 2 is 1.96 bits per heavy atom. The van der Waals surface area contributed by atoms with Gasteiger partial charge in [0.1, 0.15) is 11.7 Å². The quantitative estimate of drug-likeness (QED) is 0.835. The van der Waals surface area contributed by atoms with E-state index >= 15 is 0 Å². The number of thiocarbonyl (C=S) groups is 1. The minimum absolute atomic E-state index is 0.0948. The van der Waals surface area contributed by atoms with Crippen LogP contribution >= 0.6 is 12.2 Å². The average Bonchev–Trinajstić information content (AvgIpc) is 2.52. The normalized spacial score (nSPS) is 25.6. The van der Waals surface area contributed by atoms with E-state index in [1.807, 2.05) is 24.3 Å². The molecule has 0 saturated heterocycles. The predicted molar refractivity (Wildman–Crippen MR) is 95.6 cm³/mol. The van der Waals surface area contributed by atoms with Crippen molar-refractivity contribution >= 4 is 23.0 Å². The summed E-state index contributed by atoms with van der Waals surface area (Å²) in [6, 6.07) is 9.82. The first-order valence-corrected chi connectivity index (χ1v) is 8.38. The van der Waals surface area contributed by atoms with Crippen molar-refractivity contribution in [3.8, 4) is 11.8 Å². The predicted octanol–water partition coefficient (Wildman–Crippen LogP) is 3.49. The van der Waals surface area contributed by atoms with Gasteiger partial charge in [-0.05, 0) is 29.5 Å². The number of ketones is 1. The van der Waals surface area contributed by atoms with Gasteiger partial charge in [-0.2, -0.15) is 5.26 Å². The third kappa shape index (κ3) is 2.83. The van der Waals surface area contributed by atoms with Gasteiger partial charge >= 0.3 is 0 Å². The molecule has 4 nitrogen and oxygen atoms in total. The summed E-state index contributed by atoms with van der Waals surface area (Å²) in [6.45, 7) is 4.16. The largest absolute Gasteiger partial charge is 0.497 e. The number of methoxy groups -OCH3 is 1. The number of ether oxygens (including phenoxy) is 1. The summed E-state index contributed by atoms with van der Waals surface area (Å²) < 4.78 is 5.20. The number of carbonyl (C=O) groups excluding carboxylic acids is 1. The molecule has 0 radical (unpaired) electrons. The van der Waals surface area contributed by atoms with Gasteiger partial charge in [0.05, 0.1) is 18.2 Å². The molecular weight excluding hydrogens is 320 g/mol. The number of nitrogens with one attached hydrogen (secondary N) is 1. The molecule has 1 heterocycles. The van der Waals surface area contributed by atoms with Gasteiger partial charge in [0.25, 0.3) is 0 Å². The number of nitriles is 1. The molecule has 1 N–H and O–H groups in total. The highest BCUT2D eigenvalue weighted by Crippen LogP contribution is 2.46. The third-order valence-electron chi connectivity index (χ3n) is 4.73. The number of allylic oxidation sites excluding steroid dienone is 2. The van der Waals surface area contributed by atoms with Crippen molar-refractivity contribution in [3.63, 3.8) is 0 Å². The molecule has 0 spiro atoms. The zero-order chi connectivity index (χ0) is 17.5. The molecule has 124 valence electrons. The van der Waals surface area contributed by atoms with Gasteiger partial charge in [0.15, 0.2) is 5.78 Å². The van der Waals surface area contributed by atoms with Crippen LogP contribution in [0.4, 0.5) is 0 Å². The summed E-state index contributed by atoms with van der Waals surface area (Å²) in [5.74, 6) is 0.0111. The molecule has 24 heavy (non-hydrogen) atoms. The summed E-state index contributed by atoms with van der Waals surface area (Å²) in [5, 5.41) is 12.8. The smallest absolute Gasteiger partial charge is 0.161 e. The number of carbonyl (C=O) groups is 1. The summed E-state index contributed by atoms with van der Waals surface area (Å²) in [7, 11) is 1.61. The average molecular weight is 340 g/mol. The van der Waals surface area contributed by atoms with Gasteiger partial charge in [-0.15, -0.1) is 0 Å². The van der Waals surface area contributed by atoms with Crippen LogP contribution in [0.5, 0.6) is 5.75 Å². The van der Waals surface area contributed by atoms with Crippen molar-refractivity contribution in [2.24, 2.45) is 11.3 Å². The maximum atomic E-state index is 12.8. The molecule has 0 unspecified atom stereocenters.